The summed E-state index contributed by atoms with van der Waals surface area (Å²) in [6.45, 7) is 0. The summed E-state index contributed by atoms with van der Waals surface area (Å²) < 4.78 is 1.98. The monoisotopic (exact) mass is 258 g/mol. The van der Waals surface area contributed by atoms with E-state index in [2.05, 4.69) is 10.4 Å². The highest BCUT2D eigenvalue weighted by Crippen LogP contribution is 2.41. The molecule has 0 bridgehead atoms. The maximum atomic E-state index is 12.2. The lowest BCUT2D eigenvalue weighted by Gasteiger charge is -2.27. The van der Waals surface area contributed by atoms with E-state index in [1.807, 2.05) is 29.8 Å². The predicted octanol–water partition coefficient (Wildman–Crippen LogP) is 1.37. The molecule has 3 N–H and O–H groups in total. The fourth-order valence-corrected chi connectivity index (χ4v) is 3.20. The number of hydrogen-bond acceptors (Lipinski definition) is 3. The van der Waals surface area contributed by atoms with Crippen molar-refractivity contribution in [2.75, 3.05) is 0 Å². The van der Waals surface area contributed by atoms with Crippen LogP contribution in [0, 0.1) is 0 Å². The van der Waals surface area contributed by atoms with E-state index in [0.717, 1.165) is 42.3 Å². The number of aromatic nitrogens is 2. The fraction of sp³-hybridized carbons (Fsp3) is 0.429. The molecule has 1 saturated carbocycles. The van der Waals surface area contributed by atoms with Crippen LogP contribution in [0.3, 0.4) is 0 Å². The van der Waals surface area contributed by atoms with Crippen LogP contribution in [0.5, 0.6) is 0 Å². The number of fused-ring (bicyclic) bond motifs is 1. The second-order valence-corrected chi connectivity index (χ2v) is 5.32. The molecule has 0 unspecified atom stereocenters. The number of aryl methyl sites for hydroxylation is 1. The summed E-state index contributed by atoms with van der Waals surface area (Å²) in [5.74, 6) is 5.29. The third kappa shape index (κ3) is 1.73. The van der Waals surface area contributed by atoms with Crippen molar-refractivity contribution in [1.29, 1.82) is 0 Å². The molecule has 3 rings (SSSR count). The van der Waals surface area contributed by atoms with Gasteiger partial charge in [-0.2, -0.15) is 0 Å². The molecular formula is C14H18N4O. The molecule has 2 aromatic rings. The number of benzene rings is 1. The summed E-state index contributed by atoms with van der Waals surface area (Å²) in [5, 5.41) is 0. The summed E-state index contributed by atoms with van der Waals surface area (Å²) in [6, 6.07) is 6.09. The van der Waals surface area contributed by atoms with Gasteiger partial charge >= 0.3 is 0 Å². The van der Waals surface area contributed by atoms with Crippen molar-refractivity contribution in [2.24, 2.45) is 12.9 Å². The van der Waals surface area contributed by atoms with Crippen LogP contribution in [-0.2, 0) is 17.3 Å². The van der Waals surface area contributed by atoms with Gasteiger partial charge in [-0.3, -0.25) is 10.2 Å². The van der Waals surface area contributed by atoms with Gasteiger partial charge in [0.25, 0.3) is 0 Å². The number of hydrogen-bond donors (Lipinski definition) is 2. The van der Waals surface area contributed by atoms with Gasteiger partial charge in [-0.25, -0.2) is 10.8 Å². The van der Waals surface area contributed by atoms with Crippen molar-refractivity contribution < 1.29 is 4.79 Å². The van der Waals surface area contributed by atoms with E-state index in [4.69, 9.17) is 5.84 Å². The lowest BCUT2D eigenvalue weighted by Crippen LogP contribution is -2.45. The molecule has 1 fully saturated rings. The van der Waals surface area contributed by atoms with Crippen LogP contribution < -0.4 is 11.3 Å². The molecule has 5 heteroatoms. The highest BCUT2D eigenvalue weighted by molar-refractivity contribution is 5.89. The summed E-state index contributed by atoms with van der Waals surface area (Å²) in [5.41, 5.74) is 4.89. The van der Waals surface area contributed by atoms with E-state index in [1.165, 1.54) is 0 Å². The number of nitrogens with two attached hydrogens (primary N) is 1. The summed E-state index contributed by atoms with van der Waals surface area (Å²) >= 11 is 0. The first-order chi connectivity index (χ1) is 9.17. The Kier molecular flexibility index (Phi) is 2.78. The molecule has 0 aliphatic heterocycles. The van der Waals surface area contributed by atoms with Gasteiger partial charge in [-0.05, 0) is 30.5 Å². The van der Waals surface area contributed by atoms with Crippen LogP contribution in [0.4, 0.5) is 0 Å². The van der Waals surface area contributed by atoms with Crippen molar-refractivity contribution in [3.8, 4) is 0 Å². The third-order valence-electron chi connectivity index (χ3n) is 4.30. The van der Waals surface area contributed by atoms with Crippen LogP contribution in [0.1, 0.15) is 31.2 Å². The molecule has 1 heterocycles. The third-order valence-corrected chi connectivity index (χ3v) is 4.30. The maximum Gasteiger partial charge on any atom is 0.244 e. The zero-order valence-corrected chi connectivity index (χ0v) is 11.0. The van der Waals surface area contributed by atoms with E-state index in [9.17, 15) is 4.79 Å². The molecule has 1 aliphatic carbocycles. The Balaban J connectivity index is 2.12. The van der Waals surface area contributed by atoms with Crippen molar-refractivity contribution in [1.82, 2.24) is 15.0 Å². The van der Waals surface area contributed by atoms with Gasteiger partial charge in [0.2, 0.25) is 5.91 Å². The molecule has 1 aromatic heterocycles. The summed E-state index contributed by atoms with van der Waals surface area (Å²) in [6.07, 6.45) is 5.63. The molecule has 5 nitrogen and oxygen atoms in total. The Labute approximate surface area is 111 Å². The van der Waals surface area contributed by atoms with Crippen LogP contribution >= 0.6 is 0 Å². The molecule has 1 amide bonds. The Morgan fingerprint density at radius 2 is 2.16 bits per heavy atom. The van der Waals surface area contributed by atoms with Gasteiger partial charge in [-0.1, -0.05) is 18.9 Å². The molecule has 0 atom stereocenters. The number of nitrogens with one attached hydrogen (secondary N) is 1. The average Bonchev–Trinajstić information content (AvgIpc) is 3.06. The van der Waals surface area contributed by atoms with Gasteiger partial charge in [-0.15, -0.1) is 0 Å². The van der Waals surface area contributed by atoms with Crippen molar-refractivity contribution in [3.63, 3.8) is 0 Å². The standard InChI is InChI=1S/C14H18N4O/c1-18-9-16-11-8-10(4-5-12(11)18)14(13(19)17-15)6-2-3-7-14/h4-5,8-9H,2-3,6-7,15H2,1H3,(H,17,19). The van der Waals surface area contributed by atoms with Crippen LogP contribution in [0.25, 0.3) is 11.0 Å². The second-order valence-electron chi connectivity index (χ2n) is 5.32. The minimum atomic E-state index is -0.472. The largest absolute Gasteiger partial charge is 0.334 e. The quantitative estimate of drug-likeness (QED) is 0.485. The normalized spacial score (nSPS) is 17.8. The minimum absolute atomic E-state index is 0.0831. The lowest BCUT2D eigenvalue weighted by atomic mass is 9.78. The molecule has 19 heavy (non-hydrogen) atoms. The van der Waals surface area contributed by atoms with Gasteiger partial charge in [0.15, 0.2) is 0 Å². The smallest absolute Gasteiger partial charge is 0.244 e. The lowest BCUT2D eigenvalue weighted by molar-refractivity contribution is -0.126. The Morgan fingerprint density at radius 3 is 2.84 bits per heavy atom. The number of amides is 1. The topological polar surface area (TPSA) is 72.9 Å². The van der Waals surface area contributed by atoms with Gasteiger partial charge in [0.05, 0.1) is 22.8 Å². The Hall–Kier alpha value is -1.88. The maximum absolute atomic E-state index is 12.2. The first-order valence-electron chi connectivity index (χ1n) is 6.60. The number of rotatable bonds is 2. The minimum Gasteiger partial charge on any atom is -0.334 e. The van der Waals surface area contributed by atoms with Crippen molar-refractivity contribution >= 4 is 16.9 Å². The first-order valence-corrected chi connectivity index (χ1v) is 6.60. The van der Waals surface area contributed by atoms with Crippen LogP contribution in [-0.4, -0.2) is 15.5 Å². The fourth-order valence-electron chi connectivity index (χ4n) is 3.20. The average molecular weight is 258 g/mol. The van der Waals surface area contributed by atoms with Crippen molar-refractivity contribution in [3.05, 3.63) is 30.1 Å². The van der Waals surface area contributed by atoms with E-state index < -0.39 is 5.41 Å². The Bertz CT molecular complexity index is 625. The molecule has 0 spiro atoms. The zero-order valence-electron chi connectivity index (χ0n) is 11.0. The predicted molar refractivity (Wildman–Crippen MR) is 73.2 cm³/mol. The molecule has 100 valence electrons. The van der Waals surface area contributed by atoms with Crippen LogP contribution in [0.2, 0.25) is 0 Å². The molecule has 0 radical (unpaired) electrons. The highest BCUT2D eigenvalue weighted by atomic mass is 16.2. The number of carbonyl (C=O) groups excluding carboxylic acids is 1. The van der Waals surface area contributed by atoms with Crippen LogP contribution in [0.15, 0.2) is 24.5 Å². The van der Waals surface area contributed by atoms with Crippen molar-refractivity contribution in [2.45, 2.75) is 31.1 Å². The second kappa shape index (κ2) is 4.35. The molecular weight excluding hydrogens is 240 g/mol. The highest BCUT2D eigenvalue weighted by Gasteiger charge is 2.42. The first kappa shape index (κ1) is 12.2. The van der Waals surface area contributed by atoms with E-state index in [0.29, 0.717) is 0 Å². The molecule has 0 saturated heterocycles. The number of hydrazine groups is 1. The zero-order chi connectivity index (χ0) is 13.5. The van der Waals surface area contributed by atoms with Gasteiger partial charge in [0.1, 0.15) is 0 Å². The van der Waals surface area contributed by atoms with E-state index in [1.54, 1.807) is 6.33 Å². The van der Waals surface area contributed by atoms with Gasteiger partial charge < -0.3 is 4.57 Å². The molecule has 1 aromatic carbocycles. The molecule has 1 aliphatic rings. The Morgan fingerprint density at radius 1 is 1.42 bits per heavy atom. The number of carbonyl (C=O) groups is 1. The number of nitrogens with zero attached hydrogens (tertiary/aromatic N) is 2. The summed E-state index contributed by atoms with van der Waals surface area (Å²) in [4.78, 5) is 16.6. The van der Waals surface area contributed by atoms with E-state index in [-0.39, 0.29) is 5.91 Å². The SMILES string of the molecule is Cn1cnc2cc(C3(C(=O)NN)CCCC3)ccc21. The number of imidazole rings is 1. The van der Waals surface area contributed by atoms with E-state index >= 15 is 0 Å². The summed E-state index contributed by atoms with van der Waals surface area (Å²) in [7, 11) is 1.97. The van der Waals surface area contributed by atoms with Gasteiger partial charge in [0, 0.05) is 7.05 Å².